The smallest absolute Gasteiger partial charge is 0.247 e. The summed E-state index contributed by atoms with van der Waals surface area (Å²) in [6, 6.07) is 24.4. The first-order valence-corrected chi connectivity index (χ1v) is 13.0. The Labute approximate surface area is 223 Å². The van der Waals surface area contributed by atoms with E-state index in [9.17, 15) is 4.79 Å². The van der Waals surface area contributed by atoms with E-state index in [0.717, 1.165) is 60.3 Å². The second-order valence-corrected chi connectivity index (χ2v) is 9.96. The second kappa shape index (κ2) is 11.4. The third-order valence-corrected chi connectivity index (χ3v) is 7.08. The van der Waals surface area contributed by atoms with Crippen molar-refractivity contribution in [1.29, 1.82) is 5.26 Å². The molecule has 1 aromatic heterocycles. The highest BCUT2D eigenvalue weighted by Crippen LogP contribution is 2.29. The van der Waals surface area contributed by atoms with Gasteiger partial charge in [-0.1, -0.05) is 42.5 Å². The summed E-state index contributed by atoms with van der Waals surface area (Å²) in [5.41, 5.74) is 7.11. The first-order valence-electron chi connectivity index (χ1n) is 13.0. The van der Waals surface area contributed by atoms with Gasteiger partial charge in [0.1, 0.15) is 0 Å². The first kappa shape index (κ1) is 25.4. The van der Waals surface area contributed by atoms with Crippen LogP contribution in [0.4, 0.5) is 0 Å². The lowest BCUT2D eigenvalue weighted by Crippen LogP contribution is -2.44. The Bertz CT molecular complexity index is 1440. The zero-order valence-corrected chi connectivity index (χ0v) is 21.8. The number of carbonyl (C=O) groups is 1. The monoisotopic (exact) mass is 505 g/mol. The first-order chi connectivity index (χ1) is 18.5. The van der Waals surface area contributed by atoms with E-state index < -0.39 is 0 Å². The lowest BCUT2D eigenvalue weighted by atomic mass is 9.96. The van der Waals surface area contributed by atoms with Gasteiger partial charge in [0.25, 0.3) is 0 Å². The van der Waals surface area contributed by atoms with Gasteiger partial charge in [0.15, 0.2) is 0 Å². The third kappa shape index (κ3) is 6.16. The number of benzene rings is 3. The van der Waals surface area contributed by atoms with Crippen molar-refractivity contribution in [3.63, 3.8) is 0 Å². The van der Waals surface area contributed by atoms with E-state index in [1.54, 1.807) is 6.92 Å². The minimum atomic E-state index is 0.0632. The summed E-state index contributed by atoms with van der Waals surface area (Å²) in [6.07, 6.45) is 2.25. The molecule has 0 bridgehead atoms. The molecule has 2 heterocycles. The molecule has 1 aliphatic rings. The van der Waals surface area contributed by atoms with Gasteiger partial charge in [-0.05, 0) is 71.8 Å². The van der Waals surface area contributed by atoms with Crippen LogP contribution in [0.5, 0.6) is 0 Å². The van der Waals surface area contributed by atoms with Crippen molar-refractivity contribution in [1.82, 2.24) is 20.4 Å². The third-order valence-electron chi connectivity index (χ3n) is 7.08. The molecule has 1 aliphatic heterocycles. The topological polar surface area (TPSA) is 95.0 Å². The van der Waals surface area contributed by atoms with Crippen LogP contribution in [0.15, 0.2) is 71.1 Å². The van der Waals surface area contributed by atoms with E-state index in [4.69, 9.17) is 9.68 Å². The van der Waals surface area contributed by atoms with Gasteiger partial charge in [-0.2, -0.15) is 5.26 Å². The molecule has 3 aromatic carbocycles. The SMILES string of the molecule is Cc1nnc(-c2ccc(C)c(-c3ccc(CC(=O)NC4CCN(Cc5ccc(C#N)cc5)CC4)cc3)c2)o1. The molecule has 1 saturated heterocycles. The highest BCUT2D eigenvalue weighted by molar-refractivity contribution is 5.79. The average molecular weight is 506 g/mol. The van der Waals surface area contributed by atoms with Crippen LogP contribution >= 0.6 is 0 Å². The van der Waals surface area contributed by atoms with Crippen molar-refractivity contribution < 1.29 is 9.21 Å². The number of likely N-dealkylation sites (tertiary alicyclic amines) is 1. The Hall–Kier alpha value is -4.28. The maximum atomic E-state index is 12.8. The van der Waals surface area contributed by atoms with Crippen molar-refractivity contribution in [2.75, 3.05) is 13.1 Å². The van der Waals surface area contributed by atoms with Crippen molar-refractivity contribution in [2.24, 2.45) is 0 Å². The fourth-order valence-corrected chi connectivity index (χ4v) is 4.92. The van der Waals surface area contributed by atoms with Gasteiger partial charge >= 0.3 is 0 Å². The van der Waals surface area contributed by atoms with Crippen LogP contribution in [0.1, 0.15) is 41.0 Å². The summed E-state index contributed by atoms with van der Waals surface area (Å²) in [7, 11) is 0. The molecule has 1 amide bonds. The number of nitrogens with one attached hydrogen (secondary N) is 1. The van der Waals surface area contributed by atoms with E-state index in [2.05, 4.69) is 57.7 Å². The van der Waals surface area contributed by atoms with Crippen LogP contribution in [-0.2, 0) is 17.8 Å². The second-order valence-electron chi connectivity index (χ2n) is 9.96. The van der Waals surface area contributed by atoms with Crippen LogP contribution in [0.3, 0.4) is 0 Å². The molecule has 38 heavy (non-hydrogen) atoms. The number of amides is 1. The predicted octanol–water partition coefficient (Wildman–Crippen LogP) is 5.22. The van der Waals surface area contributed by atoms with Gasteiger partial charge in [0.05, 0.1) is 18.1 Å². The van der Waals surface area contributed by atoms with Crippen molar-refractivity contribution in [3.8, 4) is 28.7 Å². The van der Waals surface area contributed by atoms with Crippen LogP contribution < -0.4 is 5.32 Å². The zero-order valence-electron chi connectivity index (χ0n) is 21.8. The molecule has 7 nitrogen and oxygen atoms in total. The summed E-state index contributed by atoms with van der Waals surface area (Å²) < 4.78 is 5.59. The normalized spacial score (nSPS) is 14.2. The quantitative estimate of drug-likeness (QED) is 0.370. The molecule has 0 radical (unpaired) electrons. The number of nitrogens with zero attached hydrogens (tertiary/aromatic N) is 4. The molecule has 4 aromatic rings. The molecule has 1 N–H and O–H groups in total. The molecule has 0 spiro atoms. The van der Waals surface area contributed by atoms with E-state index in [0.29, 0.717) is 23.8 Å². The molecule has 0 aliphatic carbocycles. The van der Waals surface area contributed by atoms with Gasteiger partial charge in [-0.3, -0.25) is 9.69 Å². The number of aromatic nitrogens is 2. The lowest BCUT2D eigenvalue weighted by Gasteiger charge is -2.32. The molecular formula is C31H31N5O2. The minimum Gasteiger partial charge on any atom is -0.421 e. The van der Waals surface area contributed by atoms with Crippen molar-refractivity contribution in [3.05, 3.63) is 94.9 Å². The largest absolute Gasteiger partial charge is 0.421 e. The fraction of sp³-hybridized carbons (Fsp3) is 0.290. The van der Waals surface area contributed by atoms with E-state index in [-0.39, 0.29) is 11.9 Å². The van der Waals surface area contributed by atoms with E-state index in [1.165, 1.54) is 5.56 Å². The summed E-state index contributed by atoms with van der Waals surface area (Å²) in [4.78, 5) is 15.2. The molecule has 192 valence electrons. The number of piperidine rings is 1. The molecule has 1 fully saturated rings. The fourth-order valence-electron chi connectivity index (χ4n) is 4.92. The van der Waals surface area contributed by atoms with Gasteiger partial charge < -0.3 is 9.73 Å². The highest BCUT2D eigenvalue weighted by Gasteiger charge is 2.21. The van der Waals surface area contributed by atoms with Gasteiger partial charge in [0.2, 0.25) is 17.7 Å². The zero-order chi connectivity index (χ0) is 26.5. The number of hydrogen-bond acceptors (Lipinski definition) is 6. The van der Waals surface area contributed by atoms with Crippen LogP contribution in [0, 0.1) is 25.2 Å². The Morgan fingerprint density at radius 2 is 1.66 bits per heavy atom. The van der Waals surface area contributed by atoms with E-state index in [1.807, 2.05) is 42.5 Å². The Balaban J connectivity index is 1.13. The maximum absolute atomic E-state index is 12.8. The summed E-state index contributed by atoms with van der Waals surface area (Å²) >= 11 is 0. The Morgan fingerprint density at radius 1 is 0.974 bits per heavy atom. The predicted molar refractivity (Wildman–Crippen MR) is 146 cm³/mol. The van der Waals surface area contributed by atoms with Gasteiger partial charge in [0, 0.05) is 38.2 Å². The van der Waals surface area contributed by atoms with Crippen LogP contribution in [0.2, 0.25) is 0 Å². The molecular weight excluding hydrogens is 474 g/mol. The Morgan fingerprint density at radius 3 is 2.32 bits per heavy atom. The summed E-state index contributed by atoms with van der Waals surface area (Å²) in [5.74, 6) is 1.11. The number of hydrogen-bond donors (Lipinski definition) is 1. The maximum Gasteiger partial charge on any atom is 0.247 e. The molecule has 5 rings (SSSR count). The van der Waals surface area contributed by atoms with Gasteiger partial charge in [-0.25, -0.2) is 0 Å². The van der Waals surface area contributed by atoms with Crippen LogP contribution in [-0.4, -0.2) is 40.1 Å². The number of aryl methyl sites for hydroxylation is 2. The van der Waals surface area contributed by atoms with Crippen molar-refractivity contribution >= 4 is 5.91 Å². The number of rotatable bonds is 7. The average Bonchev–Trinajstić information content (AvgIpc) is 3.37. The lowest BCUT2D eigenvalue weighted by molar-refractivity contribution is -0.121. The Kier molecular flexibility index (Phi) is 7.62. The molecule has 0 saturated carbocycles. The van der Waals surface area contributed by atoms with Gasteiger partial charge in [-0.15, -0.1) is 10.2 Å². The summed E-state index contributed by atoms with van der Waals surface area (Å²) in [6.45, 7) is 6.62. The minimum absolute atomic E-state index is 0.0632. The summed E-state index contributed by atoms with van der Waals surface area (Å²) in [5, 5.41) is 20.2. The van der Waals surface area contributed by atoms with E-state index >= 15 is 0 Å². The number of carbonyl (C=O) groups excluding carboxylic acids is 1. The molecule has 7 heteroatoms. The van der Waals surface area contributed by atoms with Crippen molar-refractivity contribution in [2.45, 2.75) is 45.7 Å². The highest BCUT2D eigenvalue weighted by atomic mass is 16.4. The number of nitriles is 1. The standard InChI is InChI=1S/C31H31N5O2/c1-21-3-10-27(31-35-34-22(2)38-31)18-29(21)26-11-8-23(9-12-26)17-30(37)33-28-13-15-36(16-14-28)20-25-6-4-24(19-32)5-7-25/h3-12,18,28H,13-17,20H2,1-2H3,(H,33,37). The molecule has 0 unspecified atom stereocenters. The van der Waals surface area contributed by atoms with Crippen LogP contribution in [0.25, 0.3) is 22.6 Å². The molecule has 0 atom stereocenters.